The van der Waals surface area contributed by atoms with Gasteiger partial charge in [0.1, 0.15) is 0 Å². The van der Waals surface area contributed by atoms with Gasteiger partial charge in [0.15, 0.2) is 5.69 Å². The monoisotopic (exact) mass is 432 g/mol. The number of H-pyrrole nitrogens is 1. The smallest absolute Gasteiger partial charge is 0.272 e. The van der Waals surface area contributed by atoms with Gasteiger partial charge in [-0.15, -0.1) is 11.3 Å². The zero-order valence-corrected chi connectivity index (χ0v) is 17.4. The number of aromatic nitrogens is 3. The number of amides is 1. The first-order valence-corrected chi connectivity index (χ1v) is 10.2. The molecule has 2 aromatic heterocycles. The van der Waals surface area contributed by atoms with E-state index in [0.717, 1.165) is 32.9 Å². The van der Waals surface area contributed by atoms with E-state index < -0.39 is 0 Å². The number of hydrogen-bond donors (Lipinski definition) is 2. The maximum Gasteiger partial charge on any atom is 0.272 e. The summed E-state index contributed by atoms with van der Waals surface area (Å²) in [6.45, 7) is 6.67. The molecule has 1 amide bonds. The van der Waals surface area contributed by atoms with Crippen LogP contribution in [0.5, 0.6) is 0 Å². The summed E-state index contributed by atoms with van der Waals surface area (Å²) in [6, 6.07) is 8.31. The van der Waals surface area contributed by atoms with Gasteiger partial charge >= 0.3 is 0 Å². The number of nitrogens with one attached hydrogen (secondary N) is 2. The molecule has 0 saturated carbocycles. The number of aromatic amines is 1. The summed E-state index contributed by atoms with van der Waals surface area (Å²) in [5, 5.41) is 13.1. The number of aryl methyl sites for hydroxylation is 1. The molecule has 0 unspecified atom stereocenters. The molecule has 0 aliphatic carbocycles. The zero-order valence-electron chi connectivity index (χ0n) is 15.0. The van der Waals surface area contributed by atoms with Crippen LogP contribution in [-0.4, -0.2) is 27.6 Å². The van der Waals surface area contributed by atoms with Crippen LogP contribution in [0.1, 0.15) is 46.5 Å². The van der Waals surface area contributed by atoms with Crippen LogP contribution >= 0.6 is 27.3 Å². The van der Waals surface area contributed by atoms with Crippen molar-refractivity contribution in [2.75, 3.05) is 6.54 Å². The van der Waals surface area contributed by atoms with E-state index >= 15 is 0 Å². The Labute approximate surface area is 165 Å². The number of carbonyl (C=O) groups is 1. The topological polar surface area (TPSA) is 70.7 Å². The molecular weight excluding hydrogens is 412 g/mol. The normalized spacial score (nSPS) is 11.1. The maximum atomic E-state index is 12.3. The van der Waals surface area contributed by atoms with Gasteiger partial charge in [-0.2, -0.15) is 5.10 Å². The molecule has 0 saturated heterocycles. The SMILES string of the molecule is Cc1nc(-c2ccc(CCNC(=O)c3n[nH]c(C(C)C)c3Br)cc2)cs1. The lowest BCUT2D eigenvalue weighted by Gasteiger charge is -2.05. The fourth-order valence-electron chi connectivity index (χ4n) is 2.62. The van der Waals surface area contributed by atoms with Crippen molar-refractivity contribution in [1.29, 1.82) is 0 Å². The van der Waals surface area contributed by atoms with Gasteiger partial charge in [-0.05, 0) is 40.8 Å². The molecule has 3 rings (SSSR count). The lowest BCUT2D eigenvalue weighted by Crippen LogP contribution is -2.26. The number of halogens is 1. The van der Waals surface area contributed by atoms with Crippen molar-refractivity contribution < 1.29 is 4.79 Å². The third kappa shape index (κ3) is 4.22. The van der Waals surface area contributed by atoms with E-state index in [0.29, 0.717) is 12.2 Å². The molecule has 3 aromatic rings. The van der Waals surface area contributed by atoms with Gasteiger partial charge < -0.3 is 5.32 Å². The molecule has 0 spiro atoms. The average molecular weight is 433 g/mol. The van der Waals surface area contributed by atoms with E-state index in [2.05, 4.69) is 79.9 Å². The Hall–Kier alpha value is -1.99. The van der Waals surface area contributed by atoms with Crippen LogP contribution in [0.4, 0.5) is 0 Å². The minimum atomic E-state index is -0.172. The van der Waals surface area contributed by atoms with Crippen LogP contribution in [0.2, 0.25) is 0 Å². The standard InChI is InChI=1S/C19H21BrN4OS/c1-11(2)17-16(20)18(24-23-17)19(25)21-9-8-13-4-6-14(7-5-13)15-10-26-12(3)22-15/h4-7,10-11H,8-9H2,1-3H3,(H,21,25)(H,23,24). The highest BCUT2D eigenvalue weighted by Gasteiger charge is 2.18. The second-order valence-corrected chi connectivity index (χ2v) is 8.26. The maximum absolute atomic E-state index is 12.3. The van der Waals surface area contributed by atoms with Crippen molar-refractivity contribution in [2.24, 2.45) is 0 Å². The Morgan fingerprint density at radius 2 is 2.04 bits per heavy atom. The van der Waals surface area contributed by atoms with Crippen molar-refractivity contribution in [3.05, 3.63) is 56.1 Å². The summed E-state index contributed by atoms with van der Waals surface area (Å²) in [5.41, 5.74) is 4.64. The molecule has 0 aliphatic rings. The minimum absolute atomic E-state index is 0.172. The van der Waals surface area contributed by atoms with Crippen molar-refractivity contribution in [1.82, 2.24) is 20.5 Å². The first-order valence-electron chi connectivity index (χ1n) is 8.49. The highest BCUT2D eigenvalue weighted by Crippen LogP contribution is 2.25. The van der Waals surface area contributed by atoms with Crippen molar-refractivity contribution in [3.63, 3.8) is 0 Å². The van der Waals surface area contributed by atoms with Gasteiger partial charge in [-0.1, -0.05) is 38.1 Å². The zero-order chi connectivity index (χ0) is 18.7. The molecule has 0 aliphatic heterocycles. The second-order valence-electron chi connectivity index (χ2n) is 6.41. The summed E-state index contributed by atoms with van der Waals surface area (Å²) in [7, 11) is 0. The molecule has 5 nitrogen and oxygen atoms in total. The molecule has 0 radical (unpaired) electrons. The third-order valence-electron chi connectivity index (χ3n) is 4.09. The largest absolute Gasteiger partial charge is 0.350 e. The number of thiazole rings is 1. The van der Waals surface area contributed by atoms with Gasteiger partial charge in [0.25, 0.3) is 5.91 Å². The molecule has 26 heavy (non-hydrogen) atoms. The van der Waals surface area contributed by atoms with E-state index in [1.165, 1.54) is 5.56 Å². The van der Waals surface area contributed by atoms with E-state index in [1.54, 1.807) is 11.3 Å². The van der Waals surface area contributed by atoms with Crippen LogP contribution in [0.25, 0.3) is 11.3 Å². The highest BCUT2D eigenvalue weighted by atomic mass is 79.9. The molecular formula is C19H21BrN4OS. The molecule has 2 heterocycles. The summed E-state index contributed by atoms with van der Waals surface area (Å²) in [6.07, 6.45) is 0.765. The average Bonchev–Trinajstić information content (AvgIpc) is 3.21. The van der Waals surface area contributed by atoms with Crippen molar-refractivity contribution >= 4 is 33.2 Å². The van der Waals surface area contributed by atoms with Gasteiger partial charge in [0.2, 0.25) is 0 Å². The number of benzene rings is 1. The summed E-state index contributed by atoms with van der Waals surface area (Å²) >= 11 is 5.11. The molecule has 7 heteroatoms. The van der Waals surface area contributed by atoms with Crippen LogP contribution < -0.4 is 5.32 Å². The molecule has 0 bridgehead atoms. The van der Waals surface area contributed by atoms with E-state index in [1.807, 2.05) is 6.92 Å². The first kappa shape index (κ1) is 18.8. The predicted octanol–water partition coefficient (Wildman–Crippen LogP) is 4.70. The van der Waals surface area contributed by atoms with Crippen molar-refractivity contribution in [2.45, 2.75) is 33.1 Å². The van der Waals surface area contributed by atoms with Gasteiger partial charge in [0, 0.05) is 17.5 Å². The molecule has 136 valence electrons. The number of rotatable bonds is 6. The van der Waals surface area contributed by atoms with Crippen LogP contribution in [-0.2, 0) is 6.42 Å². The highest BCUT2D eigenvalue weighted by molar-refractivity contribution is 9.10. The van der Waals surface area contributed by atoms with E-state index in [4.69, 9.17) is 0 Å². The Morgan fingerprint density at radius 3 is 2.62 bits per heavy atom. The number of hydrogen-bond acceptors (Lipinski definition) is 4. The number of nitrogens with zero attached hydrogens (tertiary/aromatic N) is 2. The van der Waals surface area contributed by atoms with Gasteiger partial charge in [-0.25, -0.2) is 4.98 Å². The fourth-order valence-corrected chi connectivity index (χ4v) is 4.05. The van der Waals surface area contributed by atoms with Crippen LogP contribution in [0.15, 0.2) is 34.1 Å². The first-order chi connectivity index (χ1) is 12.5. The summed E-state index contributed by atoms with van der Waals surface area (Å²) < 4.78 is 0.743. The van der Waals surface area contributed by atoms with E-state index in [9.17, 15) is 4.79 Å². The van der Waals surface area contributed by atoms with Gasteiger partial charge in [0.05, 0.1) is 20.9 Å². The lowest BCUT2D eigenvalue weighted by atomic mass is 10.1. The summed E-state index contributed by atoms with van der Waals surface area (Å²) in [4.78, 5) is 16.8. The van der Waals surface area contributed by atoms with E-state index in [-0.39, 0.29) is 11.8 Å². The summed E-state index contributed by atoms with van der Waals surface area (Å²) in [5.74, 6) is 0.105. The second kappa shape index (κ2) is 8.14. The molecule has 1 aromatic carbocycles. The quantitative estimate of drug-likeness (QED) is 0.592. The lowest BCUT2D eigenvalue weighted by molar-refractivity contribution is 0.0948. The molecule has 0 fully saturated rings. The Morgan fingerprint density at radius 1 is 1.31 bits per heavy atom. The third-order valence-corrected chi connectivity index (χ3v) is 5.67. The minimum Gasteiger partial charge on any atom is -0.350 e. The number of carbonyl (C=O) groups excluding carboxylic acids is 1. The molecule has 2 N–H and O–H groups in total. The Bertz CT molecular complexity index is 899. The van der Waals surface area contributed by atoms with Crippen LogP contribution in [0, 0.1) is 6.92 Å². The molecule has 0 atom stereocenters. The van der Waals surface area contributed by atoms with Crippen LogP contribution in [0.3, 0.4) is 0 Å². The predicted molar refractivity (Wildman–Crippen MR) is 109 cm³/mol. The Balaban J connectivity index is 1.55. The van der Waals surface area contributed by atoms with Crippen molar-refractivity contribution in [3.8, 4) is 11.3 Å². The van der Waals surface area contributed by atoms with Gasteiger partial charge in [-0.3, -0.25) is 9.89 Å². The fraction of sp³-hybridized carbons (Fsp3) is 0.316. The Kier molecular flexibility index (Phi) is 5.88.